The number of hydrogen-bond acceptors (Lipinski definition) is 6. The van der Waals surface area contributed by atoms with E-state index in [9.17, 15) is 13.2 Å². The van der Waals surface area contributed by atoms with Crippen molar-refractivity contribution in [3.05, 3.63) is 59.8 Å². The van der Waals surface area contributed by atoms with Gasteiger partial charge in [-0.3, -0.25) is 0 Å². The number of aryl methyl sites for hydroxylation is 1. The highest BCUT2D eigenvalue weighted by atomic mass is 32.2. The summed E-state index contributed by atoms with van der Waals surface area (Å²) in [7, 11) is 1.89. The minimum Gasteiger partial charge on any atom is -0.385 e. The predicted octanol–water partition coefficient (Wildman–Crippen LogP) is 5.71. The highest BCUT2D eigenvalue weighted by molar-refractivity contribution is 7.99. The Morgan fingerprint density at radius 1 is 1.26 bits per heavy atom. The van der Waals surface area contributed by atoms with Crippen LogP contribution in [-0.2, 0) is 6.42 Å². The van der Waals surface area contributed by atoms with Crippen LogP contribution in [0.1, 0.15) is 37.1 Å². The van der Waals surface area contributed by atoms with Gasteiger partial charge in [0, 0.05) is 31.0 Å². The summed E-state index contributed by atoms with van der Waals surface area (Å²) in [4.78, 5) is 2.26. The molecule has 10 heteroatoms. The van der Waals surface area contributed by atoms with Crippen molar-refractivity contribution < 1.29 is 13.2 Å². The standard InChI is InChI=1S/C29H35F3N6S/c1-5-20-17-21(19(3)33-6-2)12-13-23(20)34-15-8-9-25-28(39-29(31)32)26-10-7-11-27(38(26)36-25)35-24-14-16-37(4)18-22(24)30/h7,10-13,17,22,24,29,33-35H,3,5-6,14-16,18H2,1-2,4H3. The lowest BCUT2D eigenvalue weighted by atomic mass is 10.0. The van der Waals surface area contributed by atoms with Gasteiger partial charge in [0.2, 0.25) is 0 Å². The van der Waals surface area contributed by atoms with Crippen molar-refractivity contribution >= 4 is 34.5 Å². The lowest BCUT2D eigenvalue weighted by molar-refractivity contribution is 0.149. The van der Waals surface area contributed by atoms with Crippen molar-refractivity contribution in [3.8, 4) is 11.8 Å². The van der Waals surface area contributed by atoms with Gasteiger partial charge in [0.15, 0.2) is 0 Å². The van der Waals surface area contributed by atoms with Gasteiger partial charge in [-0.2, -0.15) is 13.9 Å². The van der Waals surface area contributed by atoms with Gasteiger partial charge in [-0.1, -0.05) is 43.3 Å². The number of thioether (sulfide) groups is 1. The molecule has 3 aromatic rings. The van der Waals surface area contributed by atoms with Crippen LogP contribution < -0.4 is 16.0 Å². The maximum atomic E-state index is 14.7. The molecule has 0 saturated carbocycles. The van der Waals surface area contributed by atoms with Crippen LogP contribution in [0.5, 0.6) is 0 Å². The molecule has 3 heterocycles. The molecule has 1 aliphatic rings. The van der Waals surface area contributed by atoms with Crippen molar-refractivity contribution in [2.45, 2.75) is 49.6 Å². The maximum Gasteiger partial charge on any atom is 0.289 e. The average molecular weight is 557 g/mol. The summed E-state index contributed by atoms with van der Waals surface area (Å²) in [6.45, 7) is 10.4. The van der Waals surface area contributed by atoms with E-state index in [0.29, 0.717) is 47.5 Å². The Morgan fingerprint density at radius 2 is 2.08 bits per heavy atom. The van der Waals surface area contributed by atoms with Crippen molar-refractivity contribution in [2.24, 2.45) is 0 Å². The normalized spacial score (nSPS) is 17.6. The zero-order valence-corrected chi connectivity index (χ0v) is 23.3. The van der Waals surface area contributed by atoms with Crippen LogP contribution in [-0.4, -0.2) is 65.7 Å². The van der Waals surface area contributed by atoms with Gasteiger partial charge in [-0.15, -0.1) is 0 Å². The van der Waals surface area contributed by atoms with Gasteiger partial charge in [0.1, 0.15) is 17.7 Å². The summed E-state index contributed by atoms with van der Waals surface area (Å²) in [6, 6.07) is 11.0. The second-order valence-corrected chi connectivity index (χ2v) is 10.5. The number of benzene rings is 1. The number of halogens is 3. The van der Waals surface area contributed by atoms with Crippen molar-refractivity contribution in [3.63, 3.8) is 0 Å². The van der Waals surface area contributed by atoms with E-state index in [0.717, 1.165) is 42.0 Å². The van der Waals surface area contributed by atoms with Gasteiger partial charge in [0.25, 0.3) is 5.76 Å². The van der Waals surface area contributed by atoms with E-state index in [2.05, 4.69) is 52.5 Å². The first kappa shape index (κ1) is 28.7. The Hall–Kier alpha value is -3.29. The molecule has 1 aromatic carbocycles. The number of rotatable bonds is 10. The average Bonchev–Trinajstić information content (AvgIpc) is 3.25. The van der Waals surface area contributed by atoms with Crippen molar-refractivity contribution in [2.75, 3.05) is 43.9 Å². The highest BCUT2D eigenvalue weighted by Gasteiger charge is 2.28. The Bertz CT molecular complexity index is 1360. The van der Waals surface area contributed by atoms with E-state index in [-0.39, 0.29) is 11.7 Å². The number of hydrogen-bond donors (Lipinski definition) is 3. The van der Waals surface area contributed by atoms with E-state index >= 15 is 0 Å². The van der Waals surface area contributed by atoms with Gasteiger partial charge < -0.3 is 20.9 Å². The molecule has 4 rings (SSSR count). The molecule has 2 unspecified atom stereocenters. The van der Waals surface area contributed by atoms with Gasteiger partial charge in [0.05, 0.1) is 23.0 Å². The van der Waals surface area contributed by atoms with Crippen LogP contribution in [0.2, 0.25) is 0 Å². The molecule has 1 fully saturated rings. The number of alkyl halides is 3. The number of piperidine rings is 1. The number of anilines is 2. The summed E-state index contributed by atoms with van der Waals surface area (Å²) in [5.41, 5.74) is 4.78. The maximum absolute atomic E-state index is 14.7. The molecular weight excluding hydrogens is 521 g/mol. The molecule has 0 bridgehead atoms. The molecule has 208 valence electrons. The van der Waals surface area contributed by atoms with Gasteiger partial charge in [-0.25, -0.2) is 8.91 Å². The first-order valence-electron chi connectivity index (χ1n) is 13.1. The third-order valence-corrected chi connectivity index (χ3v) is 7.51. The molecule has 3 N–H and O–H groups in total. The lowest BCUT2D eigenvalue weighted by Crippen LogP contribution is -2.46. The fourth-order valence-corrected chi connectivity index (χ4v) is 5.34. The Labute approximate surface area is 232 Å². The van der Waals surface area contributed by atoms with Crippen LogP contribution in [0.15, 0.2) is 47.9 Å². The first-order chi connectivity index (χ1) is 18.8. The number of pyridine rings is 1. The number of likely N-dealkylation sites (tertiary alicyclic amines) is 1. The summed E-state index contributed by atoms with van der Waals surface area (Å²) >= 11 is 0.423. The Balaban J connectivity index is 1.55. The van der Waals surface area contributed by atoms with Gasteiger partial charge >= 0.3 is 0 Å². The molecule has 2 aromatic heterocycles. The van der Waals surface area contributed by atoms with Gasteiger partial charge in [-0.05, 0) is 68.1 Å². The second-order valence-electron chi connectivity index (χ2n) is 9.47. The highest BCUT2D eigenvalue weighted by Crippen LogP contribution is 2.33. The van der Waals surface area contributed by atoms with E-state index in [4.69, 9.17) is 0 Å². The monoisotopic (exact) mass is 556 g/mol. The molecular formula is C29H35F3N6S. The summed E-state index contributed by atoms with van der Waals surface area (Å²) < 4.78 is 43.2. The topological polar surface area (TPSA) is 56.6 Å². The first-order valence-corrected chi connectivity index (χ1v) is 14.0. The SMILES string of the molecule is C=C(NCC)c1ccc(NCC#Cc2nn3c(NC4CCN(C)CC4F)cccc3c2SC(F)F)c(CC)c1. The summed E-state index contributed by atoms with van der Waals surface area (Å²) in [6.07, 6.45) is 0.422. The smallest absolute Gasteiger partial charge is 0.289 e. The zero-order chi connectivity index (χ0) is 27.9. The molecule has 39 heavy (non-hydrogen) atoms. The molecule has 1 aliphatic heterocycles. The predicted molar refractivity (Wildman–Crippen MR) is 155 cm³/mol. The Kier molecular flexibility index (Phi) is 9.70. The number of nitrogens with zero attached hydrogens (tertiary/aromatic N) is 3. The minimum absolute atomic E-state index is 0.268. The van der Waals surface area contributed by atoms with Crippen LogP contribution in [0, 0.1) is 11.8 Å². The van der Waals surface area contributed by atoms with E-state index in [1.165, 1.54) is 0 Å². The van der Waals surface area contributed by atoms with E-state index in [1.54, 1.807) is 22.7 Å². The molecule has 2 atom stereocenters. The molecule has 0 amide bonds. The minimum atomic E-state index is -2.63. The fourth-order valence-electron chi connectivity index (χ4n) is 4.68. The van der Waals surface area contributed by atoms with Crippen molar-refractivity contribution in [1.29, 1.82) is 0 Å². The Morgan fingerprint density at radius 3 is 2.79 bits per heavy atom. The number of fused-ring (bicyclic) bond motifs is 1. The van der Waals surface area contributed by atoms with Crippen LogP contribution in [0.25, 0.3) is 11.2 Å². The largest absolute Gasteiger partial charge is 0.385 e. The fraction of sp³-hybridized carbons (Fsp3) is 0.414. The number of aromatic nitrogens is 2. The third kappa shape index (κ3) is 7.02. The summed E-state index contributed by atoms with van der Waals surface area (Å²) in [5.74, 6) is 3.94. The van der Waals surface area contributed by atoms with Crippen LogP contribution in [0.3, 0.4) is 0 Å². The van der Waals surface area contributed by atoms with E-state index < -0.39 is 11.9 Å². The molecule has 0 spiro atoms. The van der Waals surface area contributed by atoms with E-state index in [1.807, 2.05) is 31.0 Å². The molecule has 1 saturated heterocycles. The molecule has 0 radical (unpaired) electrons. The quantitative estimate of drug-likeness (QED) is 0.220. The van der Waals surface area contributed by atoms with Crippen LogP contribution >= 0.6 is 11.8 Å². The number of nitrogens with one attached hydrogen (secondary N) is 3. The lowest BCUT2D eigenvalue weighted by Gasteiger charge is -2.33. The second kappa shape index (κ2) is 13.2. The zero-order valence-electron chi connectivity index (χ0n) is 22.5. The van der Waals surface area contributed by atoms with Crippen LogP contribution in [0.4, 0.5) is 24.7 Å². The third-order valence-electron chi connectivity index (χ3n) is 6.70. The molecule has 6 nitrogen and oxygen atoms in total. The molecule has 0 aliphatic carbocycles. The van der Waals surface area contributed by atoms with Crippen molar-refractivity contribution in [1.82, 2.24) is 19.8 Å². The summed E-state index contributed by atoms with van der Waals surface area (Å²) in [5, 5.41) is 14.4.